The summed E-state index contributed by atoms with van der Waals surface area (Å²) in [6.45, 7) is 0.396. The fourth-order valence-electron chi connectivity index (χ4n) is 3.04. The Balaban J connectivity index is 1.88. The Morgan fingerprint density at radius 1 is 1.31 bits per heavy atom. The third-order valence-corrected chi connectivity index (χ3v) is 4.90. The van der Waals surface area contributed by atoms with E-state index in [0.29, 0.717) is 6.07 Å². The molecule has 0 aromatic carbocycles. The third kappa shape index (κ3) is 3.25. The van der Waals surface area contributed by atoms with Gasteiger partial charge >= 0.3 is 6.18 Å². The molecular formula is C15H13BrF4N6. The second kappa shape index (κ2) is 6.50. The Kier molecular flexibility index (Phi) is 4.64. The lowest BCUT2D eigenvalue weighted by atomic mass is 9.92. The minimum atomic E-state index is -4.66. The maximum absolute atomic E-state index is 15.2. The lowest BCUT2D eigenvalue weighted by Gasteiger charge is -2.37. The number of hydrogen-bond donors (Lipinski definition) is 0. The van der Waals surface area contributed by atoms with Crippen LogP contribution < -0.4 is 4.90 Å². The summed E-state index contributed by atoms with van der Waals surface area (Å²) in [7, 11) is 1.65. The lowest BCUT2D eigenvalue weighted by Crippen LogP contribution is -2.42. The van der Waals surface area contributed by atoms with Crippen molar-refractivity contribution in [2.75, 3.05) is 18.0 Å². The van der Waals surface area contributed by atoms with Crippen molar-refractivity contribution in [2.24, 2.45) is 7.05 Å². The molecule has 26 heavy (non-hydrogen) atoms. The molecule has 0 unspecified atom stereocenters. The number of nitrogens with zero attached hydrogens (tertiary/aromatic N) is 6. The summed E-state index contributed by atoms with van der Waals surface area (Å²) in [4.78, 5) is 5.16. The van der Waals surface area contributed by atoms with E-state index in [1.54, 1.807) is 18.0 Å². The van der Waals surface area contributed by atoms with Crippen LogP contribution in [0.2, 0.25) is 0 Å². The number of hydrogen-bond acceptors (Lipinski definition) is 5. The molecule has 1 aliphatic rings. The second-order valence-electron chi connectivity index (χ2n) is 6.02. The van der Waals surface area contributed by atoms with Crippen molar-refractivity contribution in [3.05, 3.63) is 34.1 Å². The van der Waals surface area contributed by atoms with Crippen molar-refractivity contribution in [1.29, 1.82) is 5.26 Å². The summed E-state index contributed by atoms with van der Waals surface area (Å²) in [5, 5.41) is 16.8. The van der Waals surface area contributed by atoms with Gasteiger partial charge in [-0.05, 0) is 22.0 Å². The van der Waals surface area contributed by atoms with Crippen LogP contribution in [-0.2, 0) is 18.9 Å². The average Bonchev–Trinajstić information content (AvgIpc) is 3.01. The first-order valence-corrected chi connectivity index (χ1v) is 8.41. The summed E-state index contributed by atoms with van der Waals surface area (Å²) >= 11 is 3.02. The SMILES string of the molecule is Cn1cnnc1C1(F)CCN(c2c(C#N)cc(C(F)(F)F)nc2Br)CC1. The maximum atomic E-state index is 15.2. The van der Waals surface area contributed by atoms with Crippen molar-refractivity contribution in [3.8, 4) is 6.07 Å². The highest BCUT2D eigenvalue weighted by molar-refractivity contribution is 9.10. The molecule has 11 heteroatoms. The van der Waals surface area contributed by atoms with Crippen molar-refractivity contribution in [1.82, 2.24) is 19.7 Å². The van der Waals surface area contributed by atoms with Gasteiger partial charge < -0.3 is 9.47 Å². The number of anilines is 1. The van der Waals surface area contributed by atoms with E-state index in [0.717, 1.165) is 0 Å². The number of aryl methyl sites for hydroxylation is 1. The lowest BCUT2D eigenvalue weighted by molar-refractivity contribution is -0.141. The predicted molar refractivity (Wildman–Crippen MR) is 86.9 cm³/mol. The topological polar surface area (TPSA) is 70.6 Å². The van der Waals surface area contributed by atoms with Crippen molar-refractivity contribution in [2.45, 2.75) is 24.7 Å². The first kappa shape index (κ1) is 18.6. The molecule has 2 aromatic rings. The maximum Gasteiger partial charge on any atom is 0.433 e. The van der Waals surface area contributed by atoms with Crippen LogP contribution in [0.5, 0.6) is 0 Å². The zero-order chi connectivity index (χ0) is 19.1. The van der Waals surface area contributed by atoms with Gasteiger partial charge in [-0.2, -0.15) is 18.4 Å². The third-order valence-electron chi connectivity index (χ3n) is 4.35. The Morgan fingerprint density at radius 3 is 2.46 bits per heavy atom. The second-order valence-corrected chi connectivity index (χ2v) is 6.77. The Bertz CT molecular complexity index is 864. The number of nitriles is 1. The molecular weight excluding hydrogens is 420 g/mol. The quantitative estimate of drug-likeness (QED) is 0.537. The van der Waals surface area contributed by atoms with Gasteiger partial charge in [-0.25, -0.2) is 9.37 Å². The number of piperidine rings is 1. The molecule has 0 saturated carbocycles. The number of pyridine rings is 1. The number of halogens is 5. The van der Waals surface area contributed by atoms with E-state index in [2.05, 4.69) is 31.1 Å². The number of aromatic nitrogens is 4. The van der Waals surface area contributed by atoms with Crippen LogP contribution in [0.3, 0.4) is 0 Å². The minimum absolute atomic E-state index is 0.0673. The van der Waals surface area contributed by atoms with Crippen LogP contribution in [0, 0.1) is 11.3 Å². The molecule has 0 amide bonds. The number of alkyl halides is 4. The van der Waals surface area contributed by atoms with Crippen LogP contribution in [0.25, 0.3) is 0 Å². The predicted octanol–water partition coefficient (Wildman–Crippen LogP) is 3.33. The van der Waals surface area contributed by atoms with Crippen molar-refractivity contribution in [3.63, 3.8) is 0 Å². The zero-order valence-corrected chi connectivity index (χ0v) is 15.1. The summed E-state index contributed by atoms with van der Waals surface area (Å²) < 4.78 is 55.3. The smallest absolute Gasteiger partial charge is 0.368 e. The van der Waals surface area contributed by atoms with E-state index in [-0.39, 0.29) is 47.6 Å². The first-order chi connectivity index (χ1) is 12.2. The molecule has 0 N–H and O–H groups in total. The molecule has 0 radical (unpaired) electrons. The van der Waals surface area contributed by atoms with Gasteiger partial charge in [0.05, 0.1) is 11.3 Å². The fourth-order valence-corrected chi connectivity index (χ4v) is 3.69. The van der Waals surface area contributed by atoms with Gasteiger partial charge in [0.25, 0.3) is 0 Å². The Hall–Kier alpha value is -2.22. The molecule has 138 valence electrons. The van der Waals surface area contributed by atoms with Gasteiger partial charge in [0.15, 0.2) is 11.5 Å². The van der Waals surface area contributed by atoms with Gasteiger partial charge in [-0.15, -0.1) is 10.2 Å². The van der Waals surface area contributed by atoms with E-state index in [1.807, 2.05) is 0 Å². The molecule has 3 heterocycles. The van der Waals surface area contributed by atoms with Gasteiger partial charge in [0.2, 0.25) is 0 Å². The Labute approximate surface area is 154 Å². The molecule has 1 aliphatic heterocycles. The molecule has 1 fully saturated rings. The van der Waals surface area contributed by atoms with Crippen LogP contribution in [0.4, 0.5) is 23.2 Å². The summed E-state index contributed by atoms with van der Waals surface area (Å²) in [6.07, 6.45) is -3.11. The van der Waals surface area contributed by atoms with Gasteiger partial charge in [-0.3, -0.25) is 0 Å². The molecule has 6 nitrogen and oxygen atoms in total. The van der Waals surface area contributed by atoms with Crippen molar-refractivity contribution < 1.29 is 17.6 Å². The normalized spacial score (nSPS) is 17.2. The van der Waals surface area contributed by atoms with Gasteiger partial charge in [-0.1, -0.05) is 0 Å². The average molecular weight is 433 g/mol. The summed E-state index contributed by atoms with van der Waals surface area (Å²) in [5.74, 6) is 0.210. The zero-order valence-electron chi connectivity index (χ0n) is 13.6. The largest absolute Gasteiger partial charge is 0.433 e. The van der Waals surface area contributed by atoms with Gasteiger partial charge in [0, 0.05) is 33.0 Å². The highest BCUT2D eigenvalue weighted by Gasteiger charge is 2.41. The monoisotopic (exact) mass is 432 g/mol. The highest BCUT2D eigenvalue weighted by atomic mass is 79.9. The van der Waals surface area contributed by atoms with Crippen LogP contribution >= 0.6 is 15.9 Å². The standard InChI is InChI=1S/C15H13BrF4N6/c1-25-8-22-24-13(25)14(17)2-4-26(5-3-14)11-9(7-21)6-10(15(18,19)20)23-12(11)16/h6,8H,2-5H2,1H3. The van der Waals surface area contributed by atoms with E-state index >= 15 is 4.39 Å². The summed E-state index contributed by atoms with van der Waals surface area (Å²) in [6, 6.07) is 2.48. The molecule has 1 saturated heterocycles. The van der Waals surface area contributed by atoms with E-state index < -0.39 is 17.5 Å². The minimum Gasteiger partial charge on any atom is -0.368 e. The summed E-state index contributed by atoms with van der Waals surface area (Å²) in [5.41, 5.74) is -2.76. The first-order valence-electron chi connectivity index (χ1n) is 7.62. The van der Waals surface area contributed by atoms with E-state index in [4.69, 9.17) is 0 Å². The van der Waals surface area contributed by atoms with Crippen LogP contribution in [0.15, 0.2) is 17.0 Å². The molecule has 0 bridgehead atoms. The van der Waals surface area contributed by atoms with Crippen LogP contribution in [-0.4, -0.2) is 32.8 Å². The highest BCUT2D eigenvalue weighted by Crippen LogP contribution is 2.40. The Morgan fingerprint density at radius 2 is 1.96 bits per heavy atom. The molecule has 3 rings (SSSR count). The molecule has 2 aromatic heterocycles. The number of rotatable bonds is 2. The van der Waals surface area contributed by atoms with E-state index in [1.165, 1.54) is 10.9 Å². The van der Waals surface area contributed by atoms with Crippen molar-refractivity contribution >= 4 is 21.6 Å². The molecule has 0 spiro atoms. The molecule has 0 aliphatic carbocycles. The van der Waals surface area contributed by atoms with Gasteiger partial charge in [0.1, 0.15) is 22.7 Å². The van der Waals surface area contributed by atoms with Crippen LogP contribution in [0.1, 0.15) is 29.9 Å². The fraction of sp³-hybridized carbons (Fsp3) is 0.467. The van der Waals surface area contributed by atoms with E-state index in [9.17, 15) is 18.4 Å². The molecule has 0 atom stereocenters.